The highest BCUT2D eigenvalue weighted by Crippen LogP contribution is 2.33. The van der Waals surface area contributed by atoms with Crippen molar-refractivity contribution in [2.75, 3.05) is 6.54 Å². The lowest BCUT2D eigenvalue weighted by Crippen LogP contribution is -2.46. The Labute approximate surface area is 126 Å². The first-order chi connectivity index (χ1) is 10.3. The smallest absolute Gasteiger partial charge is 0.118 e. The van der Waals surface area contributed by atoms with Gasteiger partial charge in [-0.05, 0) is 61.8 Å². The Kier molecular flexibility index (Phi) is 3.34. The first-order valence-corrected chi connectivity index (χ1v) is 8.14. The number of piperidine rings is 1. The van der Waals surface area contributed by atoms with Crippen LogP contribution in [0.25, 0.3) is 0 Å². The minimum absolute atomic E-state index is 0.674. The number of nitrogens with zero attached hydrogens (tertiary/aromatic N) is 1. The van der Waals surface area contributed by atoms with E-state index in [0.717, 1.165) is 24.0 Å². The van der Waals surface area contributed by atoms with Gasteiger partial charge in [-0.3, -0.25) is 4.90 Å². The molecule has 2 atom stereocenters. The largest absolute Gasteiger partial charge is 0.465 e. The van der Waals surface area contributed by atoms with Crippen molar-refractivity contribution >= 4 is 0 Å². The maximum Gasteiger partial charge on any atom is 0.118 e. The van der Waals surface area contributed by atoms with Crippen molar-refractivity contribution in [3.05, 3.63) is 59.0 Å². The van der Waals surface area contributed by atoms with E-state index in [1.165, 1.54) is 32.2 Å². The summed E-state index contributed by atoms with van der Waals surface area (Å²) in [6.45, 7) is 4.22. The minimum atomic E-state index is 0.674. The van der Waals surface area contributed by atoms with Gasteiger partial charge in [-0.15, -0.1) is 0 Å². The molecule has 2 nitrogen and oxygen atoms in total. The molecule has 2 aromatic rings. The van der Waals surface area contributed by atoms with Crippen LogP contribution in [-0.4, -0.2) is 17.5 Å². The summed E-state index contributed by atoms with van der Waals surface area (Å²) in [5.74, 6) is 2.94. The van der Waals surface area contributed by atoms with Gasteiger partial charge in [-0.1, -0.05) is 24.3 Å². The third-order valence-electron chi connectivity index (χ3n) is 5.15. The van der Waals surface area contributed by atoms with Crippen LogP contribution in [0.1, 0.15) is 35.5 Å². The van der Waals surface area contributed by atoms with E-state index in [0.29, 0.717) is 6.04 Å². The van der Waals surface area contributed by atoms with E-state index >= 15 is 0 Å². The van der Waals surface area contributed by atoms with Crippen LogP contribution in [-0.2, 0) is 19.4 Å². The predicted molar refractivity (Wildman–Crippen MR) is 84.2 cm³/mol. The van der Waals surface area contributed by atoms with Gasteiger partial charge in [0.05, 0.1) is 6.54 Å². The lowest BCUT2D eigenvalue weighted by Gasteiger charge is -2.42. The van der Waals surface area contributed by atoms with Crippen LogP contribution in [0.2, 0.25) is 0 Å². The fourth-order valence-electron chi connectivity index (χ4n) is 4.06. The molecule has 2 aliphatic heterocycles. The summed E-state index contributed by atoms with van der Waals surface area (Å²) in [6, 6.07) is 13.9. The molecule has 0 radical (unpaired) electrons. The topological polar surface area (TPSA) is 16.4 Å². The molecular formula is C19H23NO. The van der Waals surface area contributed by atoms with Crippen LogP contribution in [0, 0.1) is 12.8 Å². The van der Waals surface area contributed by atoms with Gasteiger partial charge < -0.3 is 4.42 Å². The van der Waals surface area contributed by atoms with Crippen LogP contribution in [0.4, 0.5) is 0 Å². The normalized spacial score (nSPS) is 25.4. The molecule has 1 aromatic carbocycles. The molecule has 1 aliphatic carbocycles. The van der Waals surface area contributed by atoms with Crippen LogP contribution in [0.15, 0.2) is 40.8 Å². The third kappa shape index (κ3) is 2.65. The molecule has 0 spiro atoms. The van der Waals surface area contributed by atoms with Crippen molar-refractivity contribution in [1.29, 1.82) is 0 Å². The summed E-state index contributed by atoms with van der Waals surface area (Å²) in [6.07, 6.45) is 5.16. The summed E-state index contributed by atoms with van der Waals surface area (Å²) in [7, 11) is 0. The second-order valence-corrected chi connectivity index (χ2v) is 6.72. The van der Waals surface area contributed by atoms with Crippen molar-refractivity contribution < 1.29 is 4.42 Å². The van der Waals surface area contributed by atoms with Gasteiger partial charge in [0.1, 0.15) is 11.5 Å². The molecule has 110 valence electrons. The Bertz CT molecular complexity index is 630. The third-order valence-corrected chi connectivity index (χ3v) is 5.15. The second kappa shape index (κ2) is 5.34. The van der Waals surface area contributed by atoms with Crippen LogP contribution < -0.4 is 0 Å². The van der Waals surface area contributed by atoms with Crippen molar-refractivity contribution in [2.45, 2.75) is 45.2 Å². The van der Waals surface area contributed by atoms with Crippen LogP contribution in [0.5, 0.6) is 0 Å². The molecule has 0 amide bonds. The molecular weight excluding hydrogens is 258 g/mol. The summed E-state index contributed by atoms with van der Waals surface area (Å²) in [4.78, 5) is 2.66. The number of hydrogen-bond donors (Lipinski definition) is 0. The maximum absolute atomic E-state index is 5.79. The van der Waals surface area contributed by atoms with Gasteiger partial charge in [0.15, 0.2) is 0 Å². The summed E-state index contributed by atoms with van der Waals surface area (Å²) in [5.41, 5.74) is 3.15. The number of furan rings is 1. The fourth-order valence-corrected chi connectivity index (χ4v) is 4.06. The fraction of sp³-hybridized carbons (Fsp3) is 0.474. The molecule has 2 bridgehead atoms. The lowest BCUT2D eigenvalue weighted by atomic mass is 9.80. The van der Waals surface area contributed by atoms with E-state index in [1.807, 2.05) is 6.92 Å². The summed E-state index contributed by atoms with van der Waals surface area (Å²) >= 11 is 0. The Balaban J connectivity index is 1.58. The Hall–Kier alpha value is -1.54. The molecule has 3 heterocycles. The zero-order valence-corrected chi connectivity index (χ0v) is 12.7. The number of aryl methyl sites for hydroxylation is 1. The molecule has 1 fully saturated rings. The number of benzene rings is 1. The predicted octanol–water partition coefficient (Wildman–Crippen LogP) is 3.97. The minimum Gasteiger partial charge on any atom is -0.465 e. The molecule has 5 rings (SSSR count). The highest BCUT2D eigenvalue weighted by Gasteiger charge is 2.32. The number of hydrogen-bond acceptors (Lipinski definition) is 2. The average molecular weight is 281 g/mol. The molecule has 2 heteroatoms. The number of fused-ring (bicyclic) bond motifs is 2. The molecule has 0 N–H and O–H groups in total. The molecule has 0 saturated carbocycles. The maximum atomic E-state index is 5.79. The lowest BCUT2D eigenvalue weighted by molar-refractivity contribution is 0.0864. The van der Waals surface area contributed by atoms with Crippen LogP contribution >= 0.6 is 0 Å². The second-order valence-electron chi connectivity index (χ2n) is 6.72. The van der Waals surface area contributed by atoms with Crippen molar-refractivity contribution in [3.8, 4) is 0 Å². The van der Waals surface area contributed by atoms with Crippen LogP contribution in [0.3, 0.4) is 0 Å². The standard InChI is InChI=1S/C19H23NO/c1-14-6-9-19(21-14)13-20-12-15-7-8-18(20)11-17-5-3-2-4-16(17)10-15/h2-6,9,15,18H,7-8,10-13H2,1H3. The molecule has 1 saturated heterocycles. The first-order valence-electron chi connectivity index (χ1n) is 8.14. The SMILES string of the molecule is Cc1ccc(CN2CC3CCC2Cc2ccccc2C3)o1. The van der Waals surface area contributed by atoms with E-state index in [-0.39, 0.29) is 0 Å². The van der Waals surface area contributed by atoms with Crippen molar-refractivity contribution in [3.63, 3.8) is 0 Å². The van der Waals surface area contributed by atoms with E-state index in [1.54, 1.807) is 11.1 Å². The Morgan fingerprint density at radius 3 is 2.62 bits per heavy atom. The van der Waals surface area contributed by atoms with Gasteiger partial charge in [0, 0.05) is 12.6 Å². The highest BCUT2D eigenvalue weighted by molar-refractivity contribution is 5.30. The zero-order chi connectivity index (χ0) is 14.2. The van der Waals surface area contributed by atoms with Gasteiger partial charge in [-0.2, -0.15) is 0 Å². The quantitative estimate of drug-likeness (QED) is 0.828. The average Bonchev–Trinajstić information content (AvgIpc) is 2.85. The van der Waals surface area contributed by atoms with Crippen molar-refractivity contribution in [1.82, 2.24) is 4.90 Å². The van der Waals surface area contributed by atoms with Gasteiger partial charge in [0.25, 0.3) is 0 Å². The summed E-state index contributed by atoms with van der Waals surface area (Å²) in [5, 5.41) is 0. The summed E-state index contributed by atoms with van der Waals surface area (Å²) < 4.78 is 5.79. The Morgan fingerprint density at radius 1 is 1.05 bits per heavy atom. The van der Waals surface area contributed by atoms with E-state index in [2.05, 4.69) is 41.3 Å². The first kappa shape index (κ1) is 13.1. The number of rotatable bonds is 2. The van der Waals surface area contributed by atoms with Gasteiger partial charge in [0.2, 0.25) is 0 Å². The van der Waals surface area contributed by atoms with E-state index in [9.17, 15) is 0 Å². The molecule has 3 aliphatic rings. The van der Waals surface area contributed by atoms with Gasteiger partial charge >= 0.3 is 0 Å². The molecule has 1 aromatic heterocycles. The zero-order valence-electron chi connectivity index (χ0n) is 12.7. The van der Waals surface area contributed by atoms with Gasteiger partial charge in [-0.25, -0.2) is 0 Å². The molecule has 2 unspecified atom stereocenters. The Morgan fingerprint density at radius 2 is 1.86 bits per heavy atom. The highest BCUT2D eigenvalue weighted by atomic mass is 16.3. The molecule has 21 heavy (non-hydrogen) atoms. The van der Waals surface area contributed by atoms with Crippen molar-refractivity contribution in [2.24, 2.45) is 5.92 Å². The van der Waals surface area contributed by atoms with E-state index < -0.39 is 0 Å². The monoisotopic (exact) mass is 281 g/mol. The van der Waals surface area contributed by atoms with E-state index in [4.69, 9.17) is 4.42 Å².